The van der Waals surface area contributed by atoms with Crippen molar-refractivity contribution in [3.05, 3.63) is 12.7 Å². The number of nitriles is 1. The Bertz CT molecular complexity index is 313. The molecular formula is C15H22N2. The van der Waals surface area contributed by atoms with Crippen LogP contribution < -0.4 is 5.32 Å². The van der Waals surface area contributed by atoms with E-state index in [9.17, 15) is 5.26 Å². The quantitative estimate of drug-likeness (QED) is 0.754. The van der Waals surface area contributed by atoms with E-state index in [4.69, 9.17) is 0 Å². The minimum absolute atomic E-state index is 0.0583. The molecule has 0 aromatic carbocycles. The molecule has 17 heavy (non-hydrogen) atoms. The van der Waals surface area contributed by atoms with Crippen molar-refractivity contribution >= 4 is 0 Å². The zero-order chi connectivity index (χ0) is 11.8. The van der Waals surface area contributed by atoms with Crippen LogP contribution >= 0.6 is 0 Å². The maximum Gasteiger partial charge on any atom is 0.0989 e. The van der Waals surface area contributed by atoms with E-state index in [1.165, 1.54) is 32.1 Å². The minimum atomic E-state index is 0.0583. The Hall–Kier alpha value is -0.810. The lowest BCUT2D eigenvalue weighted by molar-refractivity contribution is -0.0439. The summed E-state index contributed by atoms with van der Waals surface area (Å²) < 4.78 is 0. The molecule has 2 heteroatoms. The van der Waals surface area contributed by atoms with Gasteiger partial charge in [-0.15, -0.1) is 6.58 Å². The molecular weight excluding hydrogens is 208 g/mol. The van der Waals surface area contributed by atoms with Crippen molar-refractivity contribution in [3.8, 4) is 6.07 Å². The van der Waals surface area contributed by atoms with Gasteiger partial charge in [0.1, 0.15) is 0 Å². The van der Waals surface area contributed by atoms with Crippen LogP contribution in [0.5, 0.6) is 0 Å². The second-order valence-corrected chi connectivity index (χ2v) is 6.31. The van der Waals surface area contributed by atoms with Gasteiger partial charge in [0, 0.05) is 6.54 Å². The first-order chi connectivity index (χ1) is 8.31. The Balaban J connectivity index is 1.74. The first kappa shape index (κ1) is 11.3. The average molecular weight is 230 g/mol. The molecule has 0 heterocycles. The molecule has 4 aliphatic rings. The second-order valence-electron chi connectivity index (χ2n) is 6.31. The topological polar surface area (TPSA) is 35.8 Å². The third-order valence-corrected chi connectivity index (χ3v) is 5.31. The number of rotatable bonds is 4. The van der Waals surface area contributed by atoms with Gasteiger partial charge in [0.15, 0.2) is 0 Å². The molecule has 1 unspecified atom stereocenters. The molecule has 0 saturated heterocycles. The van der Waals surface area contributed by atoms with Crippen molar-refractivity contribution in [2.45, 2.75) is 38.1 Å². The molecule has 4 saturated carbocycles. The van der Waals surface area contributed by atoms with E-state index in [2.05, 4.69) is 18.0 Å². The minimum Gasteiger partial charge on any atom is -0.298 e. The van der Waals surface area contributed by atoms with Crippen LogP contribution in [-0.4, -0.2) is 12.6 Å². The molecule has 4 bridgehead atoms. The van der Waals surface area contributed by atoms with E-state index >= 15 is 0 Å². The Morgan fingerprint density at radius 2 is 1.76 bits per heavy atom. The molecule has 1 N–H and O–H groups in total. The summed E-state index contributed by atoms with van der Waals surface area (Å²) in [5.74, 6) is 4.26. The molecule has 92 valence electrons. The highest BCUT2D eigenvalue weighted by Gasteiger charge is 2.50. The predicted octanol–water partition coefficient (Wildman–Crippen LogP) is 2.73. The molecule has 0 aromatic rings. The first-order valence-electron chi connectivity index (χ1n) is 7.05. The van der Waals surface area contributed by atoms with Gasteiger partial charge in [-0.2, -0.15) is 5.26 Å². The number of hydrogen-bond acceptors (Lipinski definition) is 2. The van der Waals surface area contributed by atoms with Gasteiger partial charge in [-0.1, -0.05) is 6.08 Å². The van der Waals surface area contributed by atoms with Crippen LogP contribution in [0.2, 0.25) is 0 Å². The maximum atomic E-state index is 9.39. The molecule has 4 rings (SSSR count). The van der Waals surface area contributed by atoms with Crippen LogP contribution in [0.15, 0.2) is 12.7 Å². The van der Waals surface area contributed by atoms with Crippen LogP contribution in [0.1, 0.15) is 32.1 Å². The fraction of sp³-hybridized carbons (Fsp3) is 0.800. The van der Waals surface area contributed by atoms with Gasteiger partial charge in [0.2, 0.25) is 0 Å². The molecule has 0 aromatic heterocycles. The van der Waals surface area contributed by atoms with E-state index < -0.39 is 0 Å². The highest BCUT2D eigenvalue weighted by atomic mass is 14.9. The lowest BCUT2D eigenvalue weighted by Crippen LogP contribution is -2.52. The van der Waals surface area contributed by atoms with Gasteiger partial charge in [0.25, 0.3) is 0 Å². The van der Waals surface area contributed by atoms with Crippen LogP contribution in [0.3, 0.4) is 0 Å². The Labute approximate surface area is 104 Å². The molecule has 2 nitrogen and oxygen atoms in total. The van der Waals surface area contributed by atoms with Crippen LogP contribution in [0.25, 0.3) is 0 Å². The van der Waals surface area contributed by atoms with Crippen molar-refractivity contribution in [2.24, 2.45) is 29.6 Å². The summed E-state index contributed by atoms with van der Waals surface area (Å²) >= 11 is 0. The Kier molecular flexibility index (Phi) is 2.96. The van der Waals surface area contributed by atoms with Crippen molar-refractivity contribution in [3.63, 3.8) is 0 Å². The zero-order valence-electron chi connectivity index (χ0n) is 10.4. The molecule has 1 atom stereocenters. The zero-order valence-corrected chi connectivity index (χ0v) is 10.4. The fourth-order valence-electron chi connectivity index (χ4n) is 4.99. The van der Waals surface area contributed by atoms with Gasteiger partial charge in [0.05, 0.1) is 12.1 Å². The summed E-state index contributed by atoms with van der Waals surface area (Å²) in [6, 6.07) is 2.56. The first-order valence-corrected chi connectivity index (χ1v) is 7.05. The molecule has 4 fully saturated rings. The monoisotopic (exact) mass is 230 g/mol. The van der Waals surface area contributed by atoms with Crippen LogP contribution in [0.4, 0.5) is 0 Å². The predicted molar refractivity (Wildman–Crippen MR) is 68.1 cm³/mol. The summed E-state index contributed by atoms with van der Waals surface area (Å²) in [5, 5.41) is 12.8. The van der Waals surface area contributed by atoms with Crippen molar-refractivity contribution in [1.82, 2.24) is 5.32 Å². The molecule has 0 aliphatic heterocycles. The second kappa shape index (κ2) is 4.46. The summed E-state index contributed by atoms with van der Waals surface area (Å²) in [5.41, 5.74) is 0. The number of nitrogens with one attached hydrogen (secondary N) is 1. The molecule has 0 radical (unpaired) electrons. The highest BCUT2D eigenvalue weighted by molar-refractivity contribution is 5.07. The molecule has 4 aliphatic carbocycles. The maximum absolute atomic E-state index is 9.39. The summed E-state index contributed by atoms with van der Waals surface area (Å²) in [7, 11) is 0. The Morgan fingerprint density at radius 1 is 1.18 bits per heavy atom. The van der Waals surface area contributed by atoms with E-state index in [0.717, 1.165) is 30.2 Å². The molecule has 0 spiro atoms. The summed E-state index contributed by atoms with van der Waals surface area (Å²) in [6.45, 7) is 4.50. The van der Waals surface area contributed by atoms with Crippen molar-refractivity contribution in [1.29, 1.82) is 5.26 Å². The average Bonchev–Trinajstić information content (AvgIpc) is 2.31. The highest BCUT2D eigenvalue weighted by Crippen LogP contribution is 2.57. The van der Waals surface area contributed by atoms with Gasteiger partial charge >= 0.3 is 0 Å². The van der Waals surface area contributed by atoms with Gasteiger partial charge in [-0.05, 0) is 61.7 Å². The van der Waals surface area contributed by atoms with Crippen molar-refractivity contribution in [2.75, 3.05) is 6.54 Å². The SMILES string of the molecule is C=CCNC(C#N)C1C2CC3CC(C2)CC1C3. The molecule has 0 amide bonds. The van der Waals surface area contributed by atoms with Crippen LogP contribution in [-0.2, 0) is 0 Å². The summed E-state index contributed by atoms with van der Waals surface area (Å²) in [4.78, 5) is 0. The smallest absolute Gasteiger partial charge is 0.0989 e. The Morgan fingerprint density at radius 3 is 2.24 bits per heavy atom. The van der Waals surface area contributed by atoms with Gasteiger partial charge in [-0.25, -0.2) is 0 Å². The van der Waals surface area contributed by atoms with E-state index in [1.807, 2.05) is 6.08 Å². The van der Waals surface area contributed by atoms with Crippen LogP contribution in [0, 0.1) is 40.9 Å². The third kappa shape index (κ3) is 1.91. The lowest BCUT2D eigenvalue weighted by Gasteiger charge is -2.55. The largest absolute Gasteiger partial charge is 0.298 e. The fourth-order valence-corrected chi connectivity index (χ4v) is 4.99. The van der Waals surface area contributed by atoms with E-state index in [1.54, 1.807) is 0 Å². The standard InChI is InChI=1S/C15H22N2/c1-2-3-17-14(9-16)15-12-5-10-4-11(7-12)8-13(15)6-10/h2,10-15,17H,1,3-8H2. The normalized spacial score (nSPS) is 44.3. The third-order valence-electron chi connectivity index (χ3n) is 5.31. The van der Waals surface area contributed by atoms with E-state index in [-0.39, 0.29) is 6.04 Å². The van der Waals surface area contributed by atoms with Gasteiger partial charge in [-0.3, -0.25) is 5.32 Å². The lowest BCUT2D eigenvalue weighted by atomic mass is 9.50. The van der Waals surface area contributed by atoms with Crippen molar-refractivity contribution < 1.29 is 0 Å². The summed E-state index contributed by atoms with van der Waals surface area (Å²) in [6.07, 6.45) is 8.92. The van der Waals surface area contributed by atoms with Gasteiger partial charge < -0.3 is 0 Å². The number of nitrogens with zero attached hydrogens (tertiary/aromatic N) is 1. The number of hydrogen-bond donors (Lipinski definition) is 1. The van der Waals surface area contributed by atoms with E-state index in [0.29, 0.717) is 5.92 Å².